The van der Waals surface area contributed by atoms with Crippen LogP contribution in [0.4, 0.5) is 11.4 Å². The molecule has 2 amide bonds. The molecule has 1 aliphatic rings. The molecule has 0 aliphatic carbocycles. The molecule has 40 heavy (non-hydrogen) atoms. The Morgan fingerprint density at radius 2 is 1.55 bits per heavy atom. The van der Waals surface area contributed by atoms with E-state index < -0.39 is 11.9 Å². The molecule has 1 atom stereocenters. The van der Waals surface area contributed by atoms with Crippen LogP contribution < -0.4 is 19.7 Å². The summed E-state index contributed by atoms with van der Waals surface area (Å²) in [6.07, 6.45) is 0.0335. The van der Waals surface area contributed by atoms with Crippen LogP contribution in [0.3, 0.4) is 0 Å². The van der Waals surface area contributed by atoms with Crippen LogP contribution in [0, 0.1) is 12.8 Å². The molecular formula is C32H28N2O6. The fourth-order valence-corrected chi connectivity index (χ4v) is 4.54. The number of phenols is 1. The molecule has 0 aromatic heterocycles. The summed E-state index contributed by atoms with van der Waals surface area (Å²) in [6.45, 7) is 2.11. The Balaban J connectivity index is 1.29. The van der Waals surface area contributed by atoms with E-state index in [1.807, 2.05) is 31.2 Å². The fraction of sp³-hybridized carbons (Fsp3) is 0.156. The summed E-state index contributed by atoms with van der Waals surface area (Å²) in [6, 6.07) is 26.1. The van der Waals surface area contributed by atoms with E-state index in [-0.39, 0.29) is 30.5 Å². The summed E-state index contributed by atoms with van der Waals surface area (Å²) in [4.78, 5) is 40.2. The number of hydrogen-bond donors (Lipinski definition) is 2. The van der Waals surface area contributed by atoms with Gasteiger partial charge in [-0.05, 0) is 72.6 Å². The summed E-state index contributed by atoms with van der Waals surface area (Å²) >= 11 is 0. The van der Waals surface area contributed by atoms with Crippen LogP contribution in [0.5, 0.6) is 17.2 Å². The number of aryl methyl sites for hydroxylation is 1. The summed E-state index contributed by atoms with van der Waals surface area (Å²) in [5, 5.41) is 12.4. The van der Waals surface area contributed by atoms with E-state index in [0.717, 1.165) is 16.7 Å². The lowest BCUT2D eigenvalue weighted by Crippen LogP contribution is -2.27. The van der Waals surface area contributed by atoms with Crippen LogP contribution in [0.15, 0.2) is 91.0 Å². The van der Waals surface area contributed by atoms with E-state index in [0.29, 0.717) is 28.4 Å². The smallest absolute Gasteiger partial charge is 0.316 e. The van der Waals surface area contributed by atoms with Crippen molar-refractivity contribution in [2.75, 3.05) is 23.9 Å². The van der Waals surface area contributed by atoms with Crippen molar-refractivity contribution in [3.8, 4) is 28.4 Å². The van der Waals surface area contributed by atoms with Gasteiger partial charge in [-0.1, -0.05) is 42.0 Å². The highest BCUT2D eigenvalue weighted by Crippen LogP contribution is 2.34. The summed E-state index contributed by atoms with van der Waals surface area (Å²) in [7, 11) is 1.50. The first-order valence-corrected chi connectivity index (χ1v) is 12.8. The Kier molecular flexibility index (Phi) is 7.50. The van der Waals surface area contributed by atoms with Gasteiger partial charge in [0.05, 0.1) is 18.7 Å². The second kappa shape index (κ2) is 11.3. The number of hydrogen-bond acceptors (Lipinski definition) is 6. The number of aromatic hydroxyl groups is 1. The summed E-state index contributed by atoms with van der Waals surface area (Å²) in [5.41, 5.74) is 4.23. The van der Waals surface area contributed by atoms with Crippen LogP contribution in [0.1, 0.15) is 22.3 Å². The van der Waals surface area contributed by atoms with Crippen molar-refractivity contribution in [1.29, 1.82) is 0 Å². The van der Waals surface area contributed by atoms with E-state index in [2.05, 4.69) is 5.32 Å². The first-order valence-electron chi connectivity index (χ1n) is 12.8. The number of anilines is 2. The van der Waals surface area contributed by atoms with Crippen molar-refractivity contribution in [3.05, 3.63) is 102 Å². The Morgan fingerprint density at radius 1 is 0.900 bits per heavy atom. The highest BCUT2D eigenvalue weighted by Gasteiger charge is 2.36. The summed E-state index contributed by atoms with van der Waals surface area (Å²) in [5.74, 6) is -0.576. The Hall–Kier alpha value is -5.11. The van der Waals surface area contributed by atoms with E-state index in [9.17, 15) is 19.5 Å². The van der Waals surface area contributed by atoms with Gasteiger partial charge in [0.2, 0.25) is 5.91 Å². The number of ether oxygens (including phenoxy) is 2. The highest BCUT2D eigenvalue weighted by atomic mass is 16.5. The predicted octanol–water partition coefficient (Wildman–Crippen LogP) is 5.59. The third-order valence-corrected chi connectivity index (χ3v) is 6.79. The minimum Gasteiger partial charge on any atom is -0.508 e. The van der Waals surface area contributed by atoms with Crippen LogP contribution in [0.25, 0.3) is 11.1 Å². The van der Waals surface area contributed by atoms with Gasteiger partial charge in [0, 0.05) is 24.2 Å². The Morgan fingerprint density at radius 3 is 2.20 bits per heavy atom. The molecule has 4 aromatic rings. The van der Waals surface area contributed by atoms with Crippen molar-refractivity contribution in [2.24, 2.45) is 5.92 Å². The molecule has 8 heteroatoms. The van der Waals surface area contributed by atoms with E-state index in [1.165, 1.54) is 12.0 Å². The second-order valence-corrected chi connectivity index (χ2v) is 9.60. The topological polar surface area (TPSA) is 105 Å². The lowest BCUT2D eigenvalue weighted by atomic mass is 10.0. The number of rotatable bonds is 7. The normalized spacial score (nSPS) is 14.6. The maximum absolute atomic E-state index is 13.1. The zero-order chi connectivity index (χ0) is 28.2. The van der Waals surface area contributed by atoms with Crippen LogP contribution >= 0.6 is 0 Å². The quantitative estimate of drug-likeness (QED) is 0.236. The van der Waals surface area contributed by atoms with Gasteiger partial charge in [0.25, 0.3) is 5.91 Å². The number of phenolic OH excluding ortho intramolecular Hbond substituents is 1. The van der Waals surface area contributed by atoms with Gasteiger partial charge < -0.3 is 24.8 Å². The number of carbonyl (C=O) groups excluding carboxylic acids is 3. The minimum absolute atomic E-state index is 0.0335. The molecule has 1 aliphatic heterocycles. The molecule has 8 nitrogen and oxygen atoms in total. The number of carbonyl (C=O) groups is 3. The lowest BCUT2D eigenvalue weighted by Gasteiger charge is -2.19. The van der Waals surface area contributed by atoms with Gasteiger partial charge in [-0.2, -0.15) is 0 Å². The maximum Gasteiger partial charge on any atom is 0.316 e. The molecule has 0 saturated carbocycles. The largest absolute Gasteiger partial charge is 0.508 e. The van der Waals surface area contributed by atoms with Crippen LogP contribution in [0.2, 0.25) is 0 Å². The Labute approximate surface area is 231 Å². The number of benzene rings is 4. The van der Waals surface area contributed by atoms with Crippen molar-refractivity contribution >= 4 is 29.2 Å². The molecule has 0 radical (unpaired) electrons. The van der Waals surface area contributed by atoms with Crippen molar-refractivity contribution in [3.63, 3.8) is 0 Å². The number of nitrogens with zero attached hydrogens (tertiary/aromatic N) is 1. The average Bonchev–Trinajstić information content (AvgIpc) is 3.36. The van der Waals surface area contributed by atoms with Gasteiger partial charge in [-0.3, -0.25) is 14.4 Å². The third-order valence-electron chi connectivity index (χ3n) is 6.79. The zero-order valence-corrected chi connectivity index (χ0v) is 22.1. The third kappa shape index (κ3) is 5.81. The molecule has 4 aromatic carbocycles. The van der Waals surface area contributed by atoms with Crippen LogP contribution in [-0.4, -0.2) is 36.5 Å². The fourth-order valence-electron chi connectivity index (χ4n) is 4.54. The molecular weight excluding hydrogens is 508 g/mol. The first-order chi connectivity index (χ1) is 19.3. The second-order valence-electron chi connectivity index (χ2n) is 9.60. The average molecular weight is 537 g/mol. The SMILES string of the molecule is COc1ccc(N2CC(C(=O)Oc3ccc(C)cc3)CC2=O)cc1NC(=O)c1ccc(-c2ccc(O)cc2)cc1. The predicted molar refractivity (Wildman–Crippen MR) is 152 cm³/mol. The van der Waals surface area contributed by atoms with Gasteiger partial charge >= 0.3 is 5.97 Å². The molecule has 202 valence electrons. The molecule has 1 fully saturated rings. The number of nitrogens with one attached hydrogen (secondary N) is 1. The van der Waals surface area contributed by atoms with Gasteiger partial charge in [-0.15, -0.1) is 0 Å². The molecule has 5 rings (SSSR count). The van der Waals surface area contributed by atoms with Crippen LogP contribution in [-0.2, 0) is 9.59 Å². The summed E-state index contributed by atoms with van der Waals surface area (Å²) < 4.78 is 10.9. The highest BCUT2D eigenvalue weighted by molar-refractivity contribution is 6.06. The maximum atomic E-state index is 13.1. The van der Waals surface area contributed by atoms with E-state index >= 15 is 0 Å². The van der Waals surface area contributed by atoms with Crippen molar-refractivity contribution < 1.29 is 29.0 Å². The Bertz CT molecular complexity index is 1550. The van der Waals surface area contributed by atoms with Gasteiger partial charge in [0.15, 0.2) is 0 Å². The minimum atomic E-state index is -0.610. The lowest BCUT2D eigenvalue weighted by molar-refractivity contribution is -0.139. The molecule has 1 unspecified atom stereocenters. The number of esters is 1. The first kappa shape index (κ1) is 26.5. The standard InChI is InChI=1S/C32H28N2O6/c1-20-3-14-27(15-4-20)40-32(38)24-17-30(36)34(19-24)25-11-16-29(39-2)28(18-25)33-31(37)23-7-5-21(6-8-23)22-9-12-26(35)13-10-22/h3-16,18,24,35H,17,19H2,1-2H3,(H,33,37). The number of methoxy groups -OCH3 is 1. The molecule has 0 bridgehead atoms. The van der Waals surface area contributed by atoms with E-state index in [4.69, 9.17) is 9.47 Å². The molecule has 1 heterocycles. The number of amides is 2. The van der Waals surface area contributed by atoms with Gasteiger partial charge in [-0.25, -0.2) is 0 Å². The molecule has 2 N–H and O–H groups in total. The molecule has 0 spiro atoms. The van der Waals surface area contributed by atoms with Crippen molar-refractivity contribution in [1.82, 2.24) is 0 Å². The monoisotopic (exact) mass is 536 g/mol. The van der Waals surface area contributed by atoms with Crippen molar-refractivity contribution in [2.45, 2.75) is 13.3 Å². The van der Waals surface area contributed by atoms with Gasteiger partial charge in [0.1, 0.15) is 17.2 Å². The van der Waals surface area contributed by atoms with E-state index in [1.54, 1.807) is 66.7 Å². The zero-order valence-electron chi connectivity index (χ0n) is 22.1. The molecule has 1 saturated heterocycles.